The van der Waals surface area contributed by atoms with Gasteiger partial charge in [0, 0.05) is 30.0 Å². The number of hydrogen-bond donors (Lipinski definition) is 5. The van der Waals surface area contributed by atoms with Crippen LogP contribution in [0.3, 0.4) is 0 Å². The average molecular weight is 516 g/mol. The number of phenols is 1. The summed E-state index contributed by atoms with van der Waals surface area (Å²) in [5.41, 5.74) is 2.95. The van der Waals surface area contributed by atoms with E-state index in [0.29, 0.717) is 42.0 Å². The Morgan fingerprint density at radius 1 is 1.21 bits per heavy atom. The first kappa shape index (κ1) is 22.4. The van der Waals surface area contributed by atoms with E-state index in [1.54, 1.807) is 18.2 Å². The summed E-state index contributed by atoms with van der Waals surface area (Å²) in [5, 5.41) is 36.1. The molecule has 2 unspecified atom stereocenters. The summed E-state index contributed by atoms with van der Waals surface area (Å²) < 4.78 is 6.60. The number of benzene rings is 2. The first-order valence-corrected chi connectivity index (χ1v) is 13.4. The number of nitrogens with one attached hydrogen (secondary N) is 2. The van der Waals surface area contributed by atoms with Crippen molar-refractivity contribution in [3.05, 3.63) is 58.3 Å². The molecule has 1 amide bonds. The van der Waals surface area contributed by atoms with Gasteiger partial charge in [-0.25, -0.2) is 0 Å². The Morgan fingerprint density at radius 3 is 2.84 bits per heavy atom. The number of amides is 1. The molecule has 3 aliphatic carbocycles. The predicted molar refractivity (Wildman–Crippen MR) is 136 cm³/mol. The Hall–Kier alpha value is -3.56. The van der Waals surface area contributed by atoms with Crippen LogP contribution in [0, 0.1) is 5.92 Å². The smallest absolute Gasteiger partial charge is 0.322 e. The van der Waals surface area contributed by atoms with Gasteiger partial charge in [0.25, 0.3) is 5.91 Å². The van der Waals surface area contributed by atoms with Crippen LogP contribution in [0.1, 0.15) is 58.1 Å². The average Bonchev–Trinajstić information content (AvgIpc) is 3.53. The number of fused-ring (bicyclic) bond motifs is 4. The Labute approximate surface area is 218 Å². The number of carbonyl (C=O) groups excluding carboxylic acids is 1. The minimum Gasteiger partial charge on any atom is -0.504 e. The maximum atomic E-state index is 12.9. The Kier molecular flexibility index (Phi) is 4.31. The molecule has 8 rings (SSSR count). The molecule has 2 bridgehead atoms. The number of aromatic amines is 1. The Morgan fingerprint density at radius 2 is 2.05 bits per heavy atom. The zero-order chi connectivity index (χ0) is 26.0. The molecule has 2 fully saturated rings. The van der Waals surface area contributed by atoms with Crippen molar-refractivity contribution in [3.8, 4) is 11.5 Å². The fourth-order valence-electron chi connectivity index (χ4n) is 8.09. The standard InChI is InChI=1S/C29H29N3O6/c33-19-7-6-15-10-20-29(37)11-18-16-2-1-3-17(27(36)30-12-21(34)35)23(16)31-24(18)26-28(29,22(15)25(19)38-26)8-9-32(20)13-14-4-5-14/h1-3,6-7,14,20,26,31,33,37H,4-5,8-13H2,(H,30,36)(H,34,35)/t20?,26-,28?,29+/m0/s1. The molecule has 3 aromatic rings. The number of aliphatic hydroxyl groups is 1. The number of hydrogen-bond acceptors (Lipinski definition) is 6. The normalized spacial score (nSPS) is 30.4. The van der Waals surface area contributed by atoms with Gasteiger partial charge in [0.05, 0.1) is 27.8 Å². The fourth-order valence-corrected chi connectivity index (χ4v) is 8.09. The number of aliphatic carboxylic acids is 1. The first-order chi connectivity index (χ1) is 18.3. The third-order valence-corrected chi connectivity index (χ3v) is 9.84. The maximum absolute atomic E-state index is 12.9. The second-order valence-corrected chi connectivity index (χ2v) is 11.7. The number of likely N-dealkylation sites (tertiary alicyclic amines) is 1. The van der Waals surface area contributed by atoms with Gasteiger partial charge in [-0.2, -0.15) is 0 Å². The van der Waals surface area contributed by atoms with Crippen molar-refractivity contribution in [3.63, 3.8) is 0 Å². The van der Waals surface area contributed by atoms with E-state index in [1.165, 1.54) is 12.8 Å². The molecule has 1 spiro atoms. The van der Waals surface area contributed by atoms with Crippen LogP contribution in [-0.2, 0) is 23.1 Å². The highest BCUT2D eigenvalue weighted by molar-refractivity contribution is 6.07. The third-order valence-electron chi connectivity index (χ3n) is 9.84. The van der Waals surface area contributed by atoms with Crippen molar-refractivity contribution in [2.75, 3.05) is 19.6 Å². The molecule has 5 N–H and O–H groups in total. The molecule has 1 saturated carbocycles. The van der Waals surface area contributed by atoms with E-state index in [9.17, 15) is 19.8 Å². The zero-order valence-corrected chi connectivity index (χ0v) is 20.8. The van der Waals surface area contributed by atoms with Crippen molar-refractivity contribution in [1.29, 1.82) is 0 Å². The highest BCUT2D eigenvalue weighted by Gasteiger charge is 2.72. The highest BCUT2D eigenvalue weighted by Crippen LogP contribution is 2.69. The molecule has 1 aromatic heterocycles. The number of nitrogens with zero attached hydrogens (tertiary/aromatic N) is 1. The molecule has 3 heterocycles. The Balaban J connectivity index is 1.33. The summed E-state index contributed by atoms with van der Waals surface area (Å²) in [4.78, 5) is 29.9. The van der Waals surface area contributed by atoms with Crippen molar-refractivity contribution in [1.82, 2.24) is 15.2 Å². The lowest BCUT2D eigenvalue weighted by atomic mass is 9.49. The second kappa shape index (κ2) is 7.30. The van der Waals surface area contributed by atoms with Gasteiger partial charge in [0.15, 0.2) is 17.6 Å². The van der Waals surface area contributed by atoms with Crippen LogP contribution >= 0.6 is 0 Å². The number of aromatic hydroxyl groups is 1. The number of H-pyrrole nitrogens is 1. The number of carbonyl (C=O) groups is 2. The number of aromatic nitrogens is 1. The van der Waals surface area contributed by atoms with Crippen molar-refractivity contribution >= 4 is 22.8 Å². The van der Waals surface area contributed by atoms with E-state index in [-0.39, 0.29) is 11.8 Å². The molecular weight excluding hydrogens is 486 g/mol. The number of carboxylic acid groups (broad SMARTS) is 1. The van der Waals surface area contributed by atoms with E-state index in [2.05, 4.69) is 15.2 Å². The van der Waals surface area contributed by atoms with Crippen LogP contribution < -0.4 is 10.1 Å². The quantitative estimate of drug-likeness (QED) is 0.352. The molecule has 9 heteroatoms. The van der Waals surface area contributed by atoms with Gasteiger partial charge in [-0.05, 0) is 61.4 Å². The largest absolute Gasteiger partial charge is 0.504 e. The minimum absolute atomic E-state index is 0.0777. The second-order valence-electron chi connectivity index (χ2n) is 11.7. The molecule has 1 saturated heterocycles. The summed E-state index contributed by atoms with van der Waals surface area (Å²) in [7, 11) is 0. The van der Waals surface area contributed by atoms with Gasteiger partial charge in [-0.15, -0.1) is 0 Å². The van der Waals surface area contributed by atoms with Gasteiger partial charge >= 0.3 is 5.97 Å². The topological polar surface area (TPSA) is 135 Å². The number of para-hydroxylation sites is 1. The third kappa shape index (κ3) is 2.68. The van der Waals surface area contributed by atoms with Crippen LogP contribution in [0.2, 0.25) is 0 Å². The highest BCUT2D eigenvalue weighted by atomic mass is 16.5. The number of piperidine rings is 1. The molecule has 38 heavy (non-hydrogen) atoms. The molecule has 196 valence electrons. The SMILES string of the molecule is O=C(O)CNC(=O)c1cccc2c3c([nH]c12)[C@@H]1Oc2c(O)ccc4c2C12CCN(CC1CC1)C(C4)[C@]2(O)C3. The van der Waals surface area contributed by atoms with E-state index >= 15 is 0 Å². The van der Waals surface area contributed by atoms with Crippen LogP contribution in [0.25, 0.3) is 10.9 Å². The first-order valence-electron chi connectivity index (χ1n) is 13.4. The van der Waals surface area contributed by atoms with Gasteiger partial charge in [0.2, 0.25) is 0 Å². The minimum atomic E-state index is -1.11. The lowest BCUT2D eigenvalue weighted by Crippen LogP contribution is -2.74. The lowest BCUT2D eigenvalue weighted by Gasteiger charge is -2.62. The van der Waals surface area contributed by atoms with Crippen LogP contribution in [0.4, 0.5) is 0 Å². The monoisotopic (exact) mass is 515 g/mol. The lowest BCUT2D eigenvalue weighted by molar-refractivity contribution is -0.173. The van der Waals surface area contributed by atoms with Gasteiger partial charge in [0.1, 0.15) is 6.54 Å². The number of rotatable bonds is 5. The van der Waals surface area contributed by atoms with Gasteiger partial charge < -0.3 is 30.4 Å². The predicted octanol–water partition coefficient (Wildman–Crippen LogP) is 2.39. The van der Waals surface area contributed by atoms with Gasteiger partial charge in [-0.1, -0.05) is 18.2 Å². The summed E-state index contributed by atoms with van der Waals surface area (Å²) in [6.07, 6.45) is 3.76. The molecule has 0 radical (unpaired) electrons. The molecule has 2 aliphatic heterocycles. The number of carboxylic acids is 1. The van der Waals surface area contributed by atoms with E-state index in [4.69, 9.17) is 9.84 Å². The summed E-state index contributed by atoms with van der Waals surface area (Å²) in [5.74, 6) is -0.349. The van der Waals surface area contributed by atoms with Crippen molar-refractivity contribution < 1.29 is 29.6 Å². The number of phenolic OH excluding ortho intramolecular Hbond substituents is 1. The summed E-state index contributed by atoms with van der Waals surface area (Å²) in [6, 6.07) is 9.00. The van der Waals surface area contributed by atoms with E-state index in [1.807, 2.05) is 12.1 Å². The van der Waals surface area contributed by atoms with E-state index < -0.39 is 35.5 Å². The molecule has 9 nitrogen and oxygen atoms in total. The van der Waals surface area contributed by atoms with Crippen LogP contribution in [-0.4, -0.2) is 68.4 Å². The summed E-state index contributed by atoms with van der Waals surface area (Å²) >= 11 is 0. The van der Waals surface area contributed by atoms with E-state index in [0.717, 1.165) is 40.9 Å². The number of ether oxygens (including phenoxy) is 1. The van der Waals surface area contributed by atoms with Crippen LogP contribution in [0.5, 0.6) is 11.5 Å². The summed E-state index contributed by atoms with van der Waals surface area (Å²) in [6.45, 7) is 1.37. The molecular formula is C29H29N3O6. The maximum Gasteiger partial charge on any atom is 0.322 e. The molecule has 4 atom stereocenters. The van der Waals surface area contributed by atoms with Crippen molar-refractivity contribution in [2.45, 2.75) is 55.3 Å². The zero-order valence-electron chi connectivity index (χ0n) is 20.8. The fraction of sp³-hybridized carbons (Fsp3) is 0.448. The van der Waals surface area contributed by atoms with Gasteiger partial charge in [-0.3, -0.25) is 14.5 Å². The van der Waals surface area contributed by atoms with Crippen molar-refractivity contribution in [2.24, 2.45) is 5.92 Å². The Bertz CT molecular complexity index is 1560. The molecule has 5 aliphatic rings. The van der Waals surface area contributed by atoms with Crippen LogP contribution in [0.15, 0.2) is 30.3 Å². The molecule has 2 aromatic carbocycles.